The van der Waals surface area contributed by atoms with Crippen molar-refractivity contribution in [2.24, 2.45) is 5.73 Å². The van der Waals surface area contributed by atoms with Crippen molar-refractivity contribution in [3.63, 3.8) is 0 Å². The van der Waals surface area contributed by atoms with Gasteiger partial charge in [0.25, 0.3) is 0 Å². The Balaban J connectivity index is 2.85. The Kier molecular flexibility index (Phi) is 3.24. The highest BCUT2D eigenvalue weighted by molar-refractivity contribution is 5.86. The molecule has 1 aromatic rings. The van der Waals surface area contributed by atoms with Gasteiger partial charge in [0.15, 0.2) is 0 Å². The van der Waals surface area contributed by atoms with Crippen LogP contribution in [0.15, 0.2) is 12.4 Å². The van der Waals surface area contributed by atoms with Gasteiger partial charge < -0.3 is 11.1 Å². The number of nitrogens with two attached hydrogens (primary N) is 1. The van der Waals surface area contributed by atoms with Crippen molar-refractivity contribution in [2.75, 3.05) is 5.32 Å². The summed E-state index contributed by atoms with van der Waals surface area (Å²) in [6.45, 7) is 5.43. The predicted octanol–water partition coefficient (Wildman–Crippen LogP) is 0.715. The Morgan fingerprint density at radius 3 is 2.73 bits per heavy atom. The maximum absolute atomic E-state index is 11.1. The van der Waals surface area contributed by atoms with Gasteiger partial charge in [0.1, 0.15) is 17.7 Å². The van der Waals surface area contributed by atoms with Crippen LogP contribution in [0.25, 0.3) is 0 Å². The zero-order valence-electron chi connectivity index (χ0n) is 9.24. The third-order valence-electron chi connectivity index (χ3n) is 2.14. The average Bonchev–Trinajstić information content (AvgIpc) is 2.17. The lowest BCUT2D eigenvalue weighted by molar-refractivity contribution is -0.121. The van der Waals surface area contributed by atoms with E-state index >= 15 is 0 Å². The Morgan fingerprint density at radius 2 is 2.20 bits per heavy atom. The molecular weight excluding hydrogens is 192 g/mol. The summed E-state index contributed by atoms with van der Waals surface area (Å²) >= 11 is 0. The van der Waals surface area contributed by atoms with Crippen LogP contribution >= 0.6 is 0 Å². The van der Waals surface area contributed by atoms with E-state index in [4.69, 9.17) is 5.73 Å². The van der Waals surface area contributed by atoms with Gasteiger partial charge in [0.05, 0.1) is 0 Å². The van der Waals surface area contributed by atoms with Crippen LogP contribution in [0.3, 0.4) is 0 Å². The highest BCUT2D eigenvalue weighted by Crippen LogP contribution is 2.12. The molecule has 15 heavy (non-hydrogen) atoms. The molecule has 0 aliphatic carbocycles. The number of carbonyl (C=O) groups excluding carboxylic acids is 1. The smallest absolute Gasteiger partial charge is 0.242 e. The number of aryl methyl sites for hydroxylation is 1. The summed E-state index contributed by atoms with van der Waals surface area (Å²) in [7, 11) is 0. The molecule has 0 aliphatic heterocycles. The van der Waals surface area contributed by atoms with Crippen LogP contribution in [0, 0.1) is 0 Å². The highest BCUT2D eigenvalue weighted by Gasteiger charge is 2.24. The first kappa shape index (κ1) is 11.4. The topological polar surface area (TPSA) is 80.9 Å². The molecule has 0 atom stereocenters. The summed E-state index contributed by atoms with van der Waals surface area (Å²) in [4.78, 5) is 19.2. The number of nitrogens with zero attached hydrogens (tertiary/aromatic N) is 2. The van der Waals surface area contributed by atoms with Gasteiger partial charge in [0, 0.05) is 11.8 Å². The molecule has 1 amide bonds. The van der Waals surface area contributed by atoms with Crippen LogP contribution in [0.5, 0.6) is 0 Å². The van der Waals surface area contributed by atoms with Crippen LogP contribution < -0.4 is 11.1 Å². The molecule has 3 N–H and O–H groups in total. The second-order valence-electron chi connectivity index (χ2n) is 3.86. The van der Waals surface area contributed by atoms with Crippen molar-refractivity contribution in [2.45, 2.75) is 32.7 Å². The van der Waals surface area contributed by atoms with Gasteiger partial charge in [-0.15, -0.1) is 0 Å². The molecule has 0 bridgehead atoms. The summed E-state index contributed by atoms with van der Waals surface area (Å²) in [6.07, 6.45) is 2.30. The van der Waals surface area contributed by atoms with E-state index in [1.54, 1.807) is 13.8 Å². The molecule has 0 saturated heterocycles. The molecular formula is C10H16N4O. The number of rotatable bonds is 4. The first-order valence-corrected chi connectivity index (χ1v) is 4.84. The van der Waals surface area contributed by atoms with Gasteiger partial charge in [-0.05, 0) is 20.3 Å². The summed E-state index contributed by atoms with van der Waals surface area (Å²) in [6, 6.07) is 1.81. The van der Waals surface area contributed by atoms with Gasteiger partial charge in [-0.2, -0.15) is 0 Å². The molecule has 1 rings (SSSR count). The van der Waals surface area contributed by atoms with Crippen LogP contribution in [0.1, 0.15) is 26.5 Å². The molecule has 0 aromatic carbocycles. The average molecular weight is 208 g/mol. The summed E-state index contributed by atoms with van der Waals surface area (Å²) < 4.78 is 0. The minimum Gasteiger partial charge on any atom is -0.368 e. The second kappa shape index (κ2) is 4.25. The molecule has 5 heteroatoms. The minimum atomic E-state index is -0.806. The summed E-state index contributed by atoms with van der Waals surface area (Å²) in [5.41, 5.74) is 5.36. The molecule has 0 radical (unpaired) electrons. The monoisotopic (exact) mass is 208 g/mol. The van der Waals surface area contributed by atoms with E-state index in [0.29, 0.717) is 5.82 Å². The van der Waals surface area contributed by atoms with E-state index < -0.39 is 11.4 Å². The number of hydrogen-bond donors (Lipinski definition) is 2. The van der Waals surface area contributed by atoms with E-state index in [1.807, 2.05) is 13.0 Å². The Hall–Kier alpha value is -1.65. The number of carbonyl (C=O) groups is 1. The number of amides is 1. The molecule has 0 aliphatic rings. The molecule has 0 fully saturated rings. The van der Waals surface area contributed by atoms with Crippen molar-refractivity contribution < 1.29 is 4.79 Å². The number of hydrogen-bond acceptors (Lipinski definition) is 4. The largest absolute Gasteiger partial charge is 0.368 e. The quantitative estimate of drug-likeness (QED) is 0.763. The van der Waals surface area contributed by atoms with E-state index in [-0.39, 0.29) is 0 Å². The van der Waals surface area contributed by atoms with Gasteiger partial charge in [-0.1, -0.05) is 6.92 Å². The fourth-order valence-corrected chi connectivity index (χ4v) is 1.04. The Bertz CT molecular complexity index is 362. The highest BCUT2D eigenvalue weighted by atomic mass is 16.1. The third-order valence-corrected chi connectivity index (χ3v) is 2.14. The maximum atomic E-state index is 11.1. The Morgan fingerprint density at radius 1 is 1.53 bits per heavy atom. The van der Waals surface area contributed by atoms with Crippen molar-refractivity contribution in [1.82, 2.24) is 9.97 Å². The van der Waals surface area contributed by atoms with Crippen molar-refractivity contribution >= 4 is 11.7 Å². The predicted molar refractivity (Wildman–Crippen MR) is 58.3 cm³/mol. The summed E-state index contributed by atoms with van der Waals surface area (Å²) in [5.74, 6) is 0.199. The van der Waals surface area contributed by atoms with Crippen LogP contribution in [0.2, 0.25) is 0 Å². The molecule has 82 valence electrons. The van der Waals surface area contributed by atoms with Crippen molar-refractivity contribution in [1.29, 1.82) is 0 Å². The fraction of sp³-hybridized carbons (Fsp3) is 0.500. The van der Waals surface area contributed by atoms with E-state index in [2.05, 4.69) is 15.3 Å². The van der Waals surface area contributed by atoms with Crippen molar-refractivity contribution in [3.05, 3.63) is 18.1 Å². The fourth-order valence-electron chi connectivity index (χ4n) is 1.04. The first-order chi connectivity index (χ1) is 6.95. The Labute approximate surface area is 89.1 Å². The maximum Gasteiger partial charge on any atom is 0.242 e. The number of anilines is 1. The normalized spacial score (nSPS) is 11.1. The van der Waals surface area contributed by atoms with Gasteiger partial charge in [-0.3, -0.25) is 4.79 Å². The molecule has 0 saturated carbocycles. The van der Waals surface area contributed by atoms with Gasteiger partial charge in [-0.25, -0.2) is 9.97 Å². The first-order valence-electron chi connectivity index (χ1n) is 4.84. The molecule has 0 unspecified atom stereocenters. The molecule has 0 spiro atoms. The number of aromatic nitrogens is 2. The second-order valence-corrected chi connectivity index (χ2v) is 3.86. The number of primary amides is 1. The molecule has 1 aromatic heterocycles. The number of nitrogens with one attached hydrogen (secondary N) is 1. The summed E-state index contributed by atoms with van der Waals surface area (Å²) in [5, 5.41) is 2.97. The van der Waals surface area contributed by atoms with Gasteiger partial charge >= 0.3 is 0 Å². The molecule has 1 heterocycles. The zero-order chi connectivity index (χ0) is 11.5. The lowest BCUT2D eigenvalue weighted by atomic mass is 10.1. The lowest BCUT2D eigenvalue weighted by Crippen LogP contribution is -2.45. The minimum absolute atomic E-state index is 0.417. The third kappa shape index (κ3) is 2.90. The standard InChI is InChI=1S/C10H16N4O/c1-4-7-5-8(13-6-12-7)14-10(2,3)9(11)15/h5-6H,4H2,1-3H3,(H2,11,15)(H,12,13,14). The van der Waals surface area contributed by atoms with Gasteiger partial charge in [0.2, 0.25) is 5.91 Å². The van der Waals surface area contributed by atoms with Crippen LogP contribution in [0.4, 0.5) is 5.82 Å². The zero-order valence-corrected chi connectivity index (χ0v) is 9.24. The lowest BCUT2D eigenvalue weighted by Gasteiger charge is -2.22. The SMILES string of the molecule is CCc1cc(NC(C)(C)C(N)=O)ncn1. The molecule has 5 nitrogen and oxygen atoms in total. The van der Waals surface area contributed by atoms with E-state index in [1.165, 1.54) is 6.33 Å². The van der Waals surface area contributed by atoms with E-state index in [0.717, 1.165) is 12.1 Å². The van der Waals surface area contributed by atoms with Crippen LogP contribution in [-0.4, -0.2) is 21.4 Å². The van der Waals surface area contributed by atoms with Crippen molar-refractivity contribution in [3.8, 4) is 0 Å². The van der Waals surface area contributed by atoms with Crippen LogP contribution in [-0.2, 0) is 11.2 Å². The van der Waals surface area contributed by atoms with E-state index in [9.17, 15) is 4.79 Å².